The first kappa shape index (κ1) is 20.1. The second-order valence-electron chi connectivity index (χ2n) is 6.23. The highest BCUT2D eigenvalue weighted by atomic mass is 32.2. The predicted molar refractivity (Wildman–Crippen MR) is 100 cm³/mol. The van der Waals surface area contributed by atoms with E-state index in [9.17, 15) is 12.8 Å². The topological polar surface area (TPSA) is 70.0 Å². The van der Waals surface area contributed by atoms with Gasteiger partial charge in [-0.15, -0.1) is 0 Å². The van der Waals surface area contributed by atoms with Gasteiger partial charge in [0.1, 0.15) is 5.82 Å². The maximum atomic E-state index is 14.5. The van der Waals surface area contributed by atoms with Crippen molar-refractivity contribution >= 4 is 10.0 Å². The molecule has 0 aliphatic carbocycles. The van der Waals surface area contributed by atoms with Gasteiger partial charge in [0.2, 0.25) is 10.0 Å². The van der Waals surface area contributed by atoms with Crippen molar-refractivity contribution in [3.63, 3.8) is 0 Å². The minimum Gasteiger partial charge on any atom is -0.208 e. The molecule has 0 aliphatic heterocycles. The molecule has 0 saturated heterocycles. The Bertz CT molecular complexity index is 881. The van der Waals surface area contributed by atoms with E-state index in [4.69, 9.17) is 5.26 Å². The van der Waals surface area contributed by atoms with E-state index in [1.165, 1.54) is 12.1 Å². The lowest BCUT2D eigenvalue weighted by Crippen LogP contribution is -2.34. The van der Waals surface area contributed by atoms with Gasteiger partial charge >= 0.3 is 0 Å². The Morgan fingerprint density at radius 1 is 1.08 bits per heavy atom. The van der Waals surface area contributed by atoms with Gasteiger partial charge in [-0.25, -0.2) is 17.5 Å². The second-order valence-corrected chi connectivity index (χ2v) is 7.94. The van der Waals surface area contributed by atoms with E-state index in [1.54, 1.807) is 24.3 Å². The highest BCUT2D eigenvalue weighted by molar-refractivity contribution is 7.89. The summed E-state index contributed by atoms with van der Waals surface area (Å²) in [5, 5.41) is 8.83. The van der Waals surface area contributed by atoms with E-state index in [-0.39, 0.29) is 10.9 Å². The van der Waals surface area contributed by atoms with Gasteiger partial charge < -0.3 is 0 Å². The molecule has 0 aromatic heterocycles. The number of hydrogen-bond acceptors (Lipinski definition) is 3. The predicted octanol–water partition coefficient (Wildman–Crippen LogP) is 4.61. The molecule has 2 rings (SSSR count). The van der Waals surface area contributed by atoms with E-state index >= 15 is 0 Å². The largest absolute Gasteiger partial charge is 0.240 e. The van der Waals surface area contributed by atoms with Gasteiger partial charge in [-0.2, -0.15) is 5.26 Å². The maximum absolute atomic E-state index is 14.5. The lowest BCUT2D eigenvalue weighted by Gasteiger charge is -2.17. The summed E-state index contributed by atoms with van der Waals surface area (Å²) in [6, 6.07) is 12.3. The van der Waals surface area contributed by atoms with Crippen molar-refractivity contribution in [3.8, 4) is 17.2 Å². The van der Waals surface area contributed by atoms with Crippen molar-refractivity contribution in [1.29, 1.82) is 5.26 Å². The summed E-state index contributed by atoms with van der Waals surface area (Å²) in [6.07, 6.45) is 3.25. The zero-order valence-corrected chi connectivity index (χ0v) is 15.8. The highest BCUT2D eigenvalue weighted by Gasteiger charge is 2.20. The number of rotatable bonds is 8. The molecule has 0 amide bonds. The van der Waals surface area contributed by atoms with Crippen LogP contribution in [0.5, 0.6) is 0 Å². The van der Waals surface area contributed by atoms with Crippen LogP contribution < -0.4 is 4.72 Å². The fourth-order valence-electron chi connectivity index (χ4n) is 2.87. The number of sulfonamides is 1. The number of benzene rings is 2. The molecule has 4 nitrogen and oxygen atoms in total. The first-order valence-electron chi connectivity index (χ1n) is 8.73. The number of nitrogens with zero attached hydrogens (tertiary/aromatic N) is 1. The summed E-state index contributed by atoms with van der Waals surface area (Å²) < 4.78 is 42.3. The third-order valence-electron chi connectivity index (χ3n) is 4.17. The standard InChI is InChI=1S/C20H23FN2O2S/c1-3-5-17(6-4-2)23-26(24,25)18-11-12-19(20(21)13-18)16-9-7-15(14-22)8-10-16/h7-13,17,23H,3-6H2,1-2H3. The first-order chi connectivity index (χ1) is 12.4. The number of hydrogen-bond donors (Lipinski definition) is 1. The van der Waals surface area contributed by atoms with E-state index in [1.807, 2.05) is 19.9 Å². The number of halogens is 1. The molecule has 2 aromatic carbocycles. The third kappa shape index (κ3) is 4.90. The summed E-state index contributed by atoms with van der Waals surface area (Å²) in [5.74, 6) is -0.611. The molecular weight excluding hydrogens is 351 g/mol. The molecule has 138 valence electrons. The summed E-state index contributed by atoms with van der Waals surface area (Å²) in [6.45, 7) is 4.01. The van der Waals surface area contributed by atoms with Crippen molar-refractivity contribution in [3.05, 3.63) is 53.8 Å². The summed E-state index contributed by atoms with van der Waals surface area (Å²) in [5.41, 5.74) is 1.37. The molecule has 6 heteroatoms. The van der Waals surface area contributed by atoms with Crippen LogP contribution in [0.2, 0.25) is 0 Å². The zero-order valence-electron chi connectivity index (χ0n) is 15.0. The quantitative estimate of drug-likeness (QED) is 0.733. The Kier molecular flexibility index (Phi) is 6.90. The van der Waals surface area contributed by atoms with Crippen LogP contribution in [0.4, 0.5) is 4.39 Å². The molecule has 0 radical (unpaired) electrons. The molecule has 2 aromatic rings. The third-order valence-corrected chi connectivity index (χ3v) is 5.69. The normalized spacial score (nSPS) is 11.5. The zero-order chi connectivity index (χ0) is 19.2. The maximum Gasteiger partial charge on any atom is 0.240 e. The lowest BCUT2D eigenvalue weighted by molar-refractivity contribution is 0.493. The molecule has 0 fully saturated rings. The molecule has 0 atom stereocenters. The SMILES string of the molecule is CCCC(CCC)NS(=O)(=O)c1ccc(-c2ccc(C#N)cc2)c(F)c1. The summed E-state index contributed by atoms with van der Waals surface area (Å²) >= 11 is 0. The van der Waals surface area contributed by atoms with Gasteiger partial charge in [-0.3, -0.25) is 0 Å². The lowest BCUT2D eigenvalue weighted by atomic mass is 10.0. The van der Waals surface area contributed by atoms with Crippen molar-refractivity contribution in [1.82, 2.24) is 4.72 Å². The van der Waals surface area contributed by atoms with Crippen LogP contribution in [0.15, 0.2) is 47.4 Å². The van der Waals surface area contributed by atoms with Crippen LogP contribution in [0.1, 0.15) is 45.1 Å². The van der Waals surface area contributed by atoms with E-state index in [0.717, 1.165) is 31.7 Å². The Balaban J connectivity index is 2.28. The fraction of sp³-hybridized carbons (Fsp3) is 0.350. The van der Waals surface area contributed by atoms with Gasteiger partial charge in [0, 0.05) is 11.6 Å². The summed E-state index contributed by atoms with van der Waals surface area (Å²) in [7, 11) is -3.77. The molecule has 0 bridgehead atoms. The van der Waals surface area contributed by atoms with Gasteiger partial charge in [0.25, 0.3) is 0 Å². The van der Waals surface area contributed by atoms with Crippen molar-refractivity contribution in [2.24, 2.45) is 0 Å². The average molecular weight is 374 g/mol. The molecule has 0 saturated carbocycles. The molecule has 0 spiro atoms. The Morgan fingerprint density at radius 3 is 2.19 bits per heavy atom. The van der Waals surface area contributed by atoms with Gasteiger partial charge in [-0.05, 0) is 42.7 Å². The van der Waals surface area contributed by atoms with E-state index in [2.05, 4.69) is 4.72 Å². The van der Waals surface area contributed by atoms with Gasteiger partial charge in [0.15, 0.2) is 0 Å². The van der Waals surface area contributed by atoms with Crippen LogP contribution in [-0.2, 0) is 10.0 Å². The van der Waals surface area contributed by atoms with Gasteiger partial charge in [0.05, 0.1) is 16.5 Å². The minimum absolute atomic E-state index is 0.0791. The van der Waals surface area contributed by atoms with Crippen molar-refractivity contribution in [2.75, 3.05) is 0 Å². The molecule has 0 heterocycles. The smallest absolute Gasteiger partial charge is 0.208 e. The molecule has 0 unspecified atom stereocenters. The minimum atomic E-state index is -3.77. The highest BCUT2D eigenvalue weighted by Crippen LogP contribution is 2.26. The van der Waals surface area contributed by atoms with Crippen LogP contribution in [0, 0.1) is 17.1 Å². The Labute approximate surface area is 154 Å². The first-order valence-corrected chi connectivity index (χ1v) is 10.2. The van der Waals surface area contributed by atoms with Crippen LogP contribution in [0.3, 0.4) is 0 Å². The fourth-order valence-corrected chi connectivity index (χ4v) is 4.18. The van der Waals surface area contributed by atoms with Gasteiger partial charge in [-0.1, -0.05) is 44.9 Å². The Morgan fingerprint density at radius 2 is 1.69 bits per heavy atom. The van der Waals surface area contributed by atoms with Crippen LogP contribution in [-0.4, -0.2) is 14.5 Å². The van der Waals surface area contributed by atoms with Crippen molar-refractivity contribution in [2.45, 2.75) is 50.5 Å². The van der Waals surface area contributed by atoms with Crippen LogP contribution >= 0.6 is 0 Å². The number of nitrogens with one attached hydrogen (secondary N) is 1. The van der Waals surface area contributed by atoms with E-state index < -0.39 is 15.8 Å². The average Bonchev–Trinajstić information content (AvgIpc) is 2.62. The molecule has 0 aliphatic rings. The van der Waals surface area contributed by atoms with Crippen molar-refractivity contribution < 1.29 is 12.8 Å². The van der Waals surface area contributed by atoms with E-state index in [0.29, 0.717) is 16.7 Å². The number of nitriles is 1. The second kappa shape index (κ2) is 8.93. The van der Waals surface area contributed by atoms with Crippen LogP contribution in [0.25, 0.3) is 11.1 Å². The molecule has 26 heavy (non-hydrogen) atoms. The molecule has 1 N–H and O–H groups in total. The molecular formula is C20H23FN2O2S. The monoisotopic (exact) mass is 374 g/mol. The Hall–Kier alpha value is -2.23. The summed E-state index contributed by atoms with van der Waals surface area (Å²) in [4.78, 5) is -0.0791.